The van der Waals surface area contributed by atoms with Gasteiger partial charge < -0.3 is 11.1 Å². The van der Waals surface area contributed by atoms with Gasteiger partial charge in [0.2, 0.25) is 15.9 Å². The maximum Gasteiger partial charge on any atom is 0.242 e. The Kier molecular flexibility index (Phi) is 5.74. The summed E-state index contributed by atoms with van der Waals surface area (Å²) in [5.41, 5.74) is 5.03. The first-order chi connectivity index (χ1) is 9.68. The largest absolute Gasteiger partial charge is 0.379 e. The van der Waals surface area contributed by atoms with E-state index in [0.29, 0.717) is 18.7 Å². The Labute approximate surface area is 126 Å². The summed E-state index contributed by atoms with van der Waals surface area (Å²) in [6.45, 7) is 5.85. The number of primary amides is 1. The van der Waals surface area contributed by atoms with Crippen molar-refractivity contribution in [1.29, 1.82) is 0 Å². The van der Waals surface area contributed by atoms with Crippen LogP contribution in [0, 0.1) is 0 Å². The molecule has 0 unspecified atom stereocenters. The highest BCUT2D eigenvalue weighted by atomic mass is 32.2. The molecule has 0 bridgehead atoms. The zero-order chi connectivity index (χ0) is 16.1. The summed E-state index contributed by atoms with van der Waals surface area (Å²) in [7, 11) is -3.58. The molecule has 0 aliphatic rings. The van der Waals surface area contributed by atoms with E-state index in [1.54, 1.807) is 32.0 Å². The van der Waals surface area contributed by atoms with E-state index < -0.39 is 21.5 Å². The van der Waals surface area contributed by atoms with Crippen LogP contribution in [0.2, 0.25) is 0 Å². The van der Waals surface area contributed by atoms with Crippen molar-refractivity contribution in [3.63, 3.8) is 0 Å². The average molecular weight is 313 g/mol. The smallest absolute Gasteiger partial charge is 0.242 e. The van der Waals surface area contributed by atoms with Crippen LogP contribution in [0.4, 0.5) is 5.69 Å². The summed E-state index contributed by atoms with van der Waals surface area (Å²) in [6, 6.07) is 6.60. The third kappa shape index (κ3) is 5.35. The molecule has 0 aliphatic heterocycles. The highest BCUT2D eigenvalue weighted by molar-refractivity contribution is 7.89. The van der Waals surface area contributed by atoms with Gasteiger partial charge in [0.25, 0.3) is 0 Å². The predicted molar refractivity (Wildman–Crippen MR) is 83.4 cm³/mol. The van der Waals surface area contributed by atoms with Gasteiger partial charge in [0.15, 0.2) is 0 Å². The normalized spacial score (nSPS) is 12.1. The lowest BCUT2D eigenvalue weighted by Crippen LogP contribution is -2.37. The summed E-state index contributed by atoms with van der Waals surface area (Å²) in [6.07, 6.45) is 0.811. The molecular weight excluding hydrogens is 290 g/mol. The monoisotopic (exact) mass is 313 g/mol. The molecule has 0 fully saturated rings. The number of para-hydroxylation sites is 1. The van der Waals surface area contributed by atoms with Crippen LogP contribution >= 0.6 is 0 Å². The molecule has 0 aliphatic carbocycles. The van der Waals surface area contributed by atoms with E-state index in [0.717, 1.165) is 0 Å². The highest BCUT2D eigenvalue weighted by Crippen LogP contribution is 2.25. The summed E-state index contributed by atoms with van der Waals surface area (Å²) in [5.74, 6) is -0.447. The maximum absolute atomic E-state index is 12.3. The standard InChI is InChI=1S/C14H23N3O3S/c1-4-9-16-21(19,20)12-8-6-5-7-11(12)17-14(2,3)10-13(15)18/h5-8,16-17H,4,9-10H2,1-3H3,(H2,15,18). The Morgan fingerprint density at radius 3 is 2.48 bits per heavy atom. The molecule has 0 atom stereocenters. The molecule has 118 valence electrons. The Morgan fingerprint density at radius 1 is 1.29 bits per heavy atom. The fourth-order valence-electron chi connectivity index (χ4n) is 1.96. The van der Waals surface area contributed by atoms with Gasteiger partial charge in [-0.1, -0.05) is 19.1 Å². The first kappa shape index (κ1) is 17.5. The van der Waals surface area contributed by atoms with Crippen molar-refractivity contribution in [2.45, 2.75) is 44.0 Å². The number of benzene rings is 1. The van der Waals surface area contributed by atoms with Crippen molar-refractivity contribution in [3.05, 3.63) is 24.3 Å². The van der Waals surface area contributed by atoms with Crippen molar-refractivity contribution in [3.8, 4) is 0 Å². The number of nitrogens with one attached hydrogen (secondary N) is 2. The summed E-state index contributed by atoms with van der Waals surface area (Å²) in [5, 5.41) is 3.08. The number of carbonyl (C=O) groups excluding carboxylic acids is 1. The van der Waals surface area contributed by atoms with Crippen molar-refractivity contribution in [1.82, 2.24) is 4.72 Å². The molecule has 0 heterocycles. The van der Waals surface area contributed by atoms with Crippen LogP contribution in [-0.2, 0) is 14.8 Å². The predicted octanol–water partition coefficient (Wildman–Crippen LogP) is 1.44. The van der Waals surface area contributed by atoms with E-state index in [4.69, 9.17) is 5.73 Å². The first-order valence-corrected chi connectivity index (χ1v) is 8.31. The Morgan fingerprint density at radius 2 is 1.90 bits per heavy atom. The molecule has 1 amide bonds. The number of amides is 1. The minimum atomic E-state index is -3.58. The van der Waals surface area contributed by atoms with Gasteiger partial charge in [0, 0.05) is 18.5 Å². The molecule has 7 heteroatoms. The number of anilines is 1. The summed E-state index contributed by atoms with van der Waals surface area (Å²) >= 11 is 0. The van der Waals surface area contributed by atoms with Gasteiger partial charge >= 0.3 is 0 Å². The van der Waals surface area contributed by atoms with E-state index in [-0.39, 0.29) is 11.3 Å². The van der Waals surface area contributed by atoms with E-state index in [1.165, 1.54) is 6.07 Å². The number of carbonyl (C=O) groups is 1. The fourth-order valence-corrected chi connectivity index (χ4v) is 3.26. The minimum Gasteiger partial charge on any atom is -0.379 e. The first-order valence-electron chi connectivity index (χ1n) is 6.83. The third-order valence-corrected chi connectivity index (χ3v) is 4.33. The lowest BCUT2D eigenvalue weighted by Gasteiger charge is -2.27. The summed E-state index contributed by atoms with van der Waals surface area (Å²) < 4.78 is 27.1. The van der Waals surface area contributed by atoms with Crippen molar-refractivity contribution >= 4 is 21.6 Å². The number of hydrogen-bond donors (Lipinski definition) is 3. The van der Waals surface area contributed by atoms with E-state index in [1.807, 2.05) is 6.92 Å². The number of sulfonamides is 1. The van der Waals surface area contributed by atoms with Crippen LogP contribution in [-0.4, -0.2) is 26.4 Å². The van der Waals surface area contributed by atoms with Crippen LogP contribution < -0.4 is 15.8 Å². The second-order valence-corrected chi connectivity index (χ2v) is 7.28. The van der Waals surface area contributed by atoms with E-state index in [2.05, 4.69) is 10.0 Å². The minimum absolute atomic E-state index is 0.101. The number of nitrogens with two attached hydrogens (primary N) is 1. The van der Waals surface area contributed by atoms with Crippen LogP contribution in [0.5, 0.6) is 0 Å². The van der Waals surface area contributed by atoms with Gasteiger partial charge in [0.1, 0.15) is 4.90 Å². The Balaban J connectivity index is 3.08. The second kappa shape index (κ2) is 6.91. The van der Waals surface area contributed by atoms with Gasteiger partial charge in [-0.15, -0.1) is 0 Å². The Bertz CT molecular complexity index is 597. The zero-order valence-electron chi connectivity index (χ0n) is 12.6. The van der Waals surface area contributed by atoms with Crippen LogP contribution in [0.1, 0.15) is 33.6 Å². The molecule has 21 heavy (non-hydrogen) atoms. The summed E-state index contributed by atoms with van der Waals surface area (Å²) in [4.78, 5) is 11.2. The van der Waals surface area contributed by atoms with Crippen LogP contribution in [0.3, 0.4) is 0 Å². The van der Waals surface area contributed by atoms with Crippen molar-refractivity contribution in [2.75, 3.05) is 11.9 Å². The molecule has 0 saturated carbocycles. The van der Waals surface area contributed by atoms with Crippen molar-refractivity contribution in [2.24, 2.45) is 5.73 Å². The lowest BCUT2D eigenvalue weighted by molar-refractivity contribution is -0.118. The lowest BCUT2D eigenvalue weighted by atomic mass is 10.00. The number of hydrogen-bond acceptors (Lipinski definition) is 4. The average Bonchev–Trinajstić information content (AvgIpc) is 2.34. The van der Waals surface area contributed by atoms with Gasteiger partial charge in [-0.25, -0.2) is 13.1 Å². The SMILES string of the molecule is CCCNS(=O)(=O)c1ccccc1NC(C)(C)CC(N)=O. The molecule has 6 nitrogen and oxygen atoms in total. The van der Waals surface area contributed by atoms with E-state index >= 15 is 0 Å². The van der Waals surface area contributed by atoms with Gasteiger partial charge in [-0.3, -0.25) is 4.79 Å². The van der Waals surface area contributed by atoms with Crippen LogP contribution in [0.25, 0.3) is 0 Å². The van der Waals surface area contributed by atoms with Gasteiger partial charge in [-0.2, -0.15) is 0 Å². The van der Waals surface area contributed by atoms with Gasteiger partial charge in [0.05, 0.1) is 5.69 Å². The molecule has 1 aromatic rings. The maximum atomic E-state index is 12.3. The third-order valence-electron chi connectivity index (χ3n) is 2.81. The second-order valence-electron chi connectivity index (χ2n) is 5.55. The fraction of sp³-hybridized carbons (Fsp3) is 0.500. The Hall–Kier alpha value is -1.60. The molecule has 0 radical (unpaired) electrons. The molecular formula is C14H23N3O3S. The van der Waals surface area contributed by atoms with Gasteiger partial charge in [-0.05, 0) is 32.4 Å². The van der Waals surface area contributed by atoms with Crippen LogP contribution in [0.15, 0.2) is 29.2 Å². The zero-order valence-corrected chi connectivity index (χ0v) is 13.5. The molecule has 0 saturated heterocycles. The molecule has 0 spiro atoms. The van der Waals surface area contributed by atoms with E-state index in [9.17, 15) is 13.2 Å². The topological polar surface area (TPSA) is 101 Å². The quantitative estimate of drug-likeness (QED) is 0.676. The van der Waals surface area contributed by atoms with Crippen molar-refractivity contribution < 1.29 is 13.2 Å². The molecule has 0 aromatic heterocycles. The number of rotatable bonds is 8. The molecule has 4 N–H and O–H groups in total. The highest BCUT2D eigenvalue weighted by Gasteiger charge is 2.24. The molecule has 1 rings (SSSR count). The molecule has 1 aromatic carbocycles.